The number of rotatable bonds is 13. The van der Waals surface area contributed by atoms with Crippen LogP contribution in [0.25, 0.3) is 0 Å². The quantitative estimate of drug-likeness (QED) is 0.174. The molecular formula is C38H41N5O5S. The van der Waals surface area contributed by atoms with E-state index in [0.717, 1.165) is 42.0 Å². The number of methoxy groups -OCH3 is 1. The van der Waals surface area contributed by atoms with Crippen LogP contribution in [0.15, 0.2) is 107 Å². The fourth-order valence-corrected chi connectivity index (χ4v) is 7.32. The number of amidine groups is 1. The maximum atomic E-state index is 13.8. The maximum absolute atomic E-state index is 13.8. The monoisotopic (exact) mass is 679 g/mol. The zero-order chi connectivity index (χ0) is 34.2. The number of furan rings is 1. The van der Waals surface area contributed by atoms with Crippen LogP contribution in [-0.2, 0) is 32.1 Å². The van der Waals surface area contributed by atoms with Crippen molar-refractivity contribution >= 4 is 51.7 Å². The van der Waals surface area contributed by atoms with Gasteiger partial charge < -0.3 is 24.3 Å². The topological polar surface area (TPSA) is 108 Å². The molecular weight excluding hydrogens is 639 g/mol. The van der Waals surface area contributed by atoms with Gasteiger partial charge in [-0.1, -0.05) is 54.2 Å². The third-order valence-corrected chi connectivity index (χ3v) is 10.0. The molecule has 0 saturated carbocycles. The highest BCUT2D eigenvalue weighted by atomic mass is 32.2. The van der Waals surface area contributed by atoms with Crippen molar-refractivity contribution in [3.63, 3.8) is 0 Å². The molecule has 0 bridgehead atoms. The van der Waals surface area contributed by atoms with Crippen LogP contribution in [0, 0.1) is 0 Å². The molecule has 49 heavy (non-hydrogen) atoms. The molecule has 4 aromatic rings. The number of hydrogen-bond donors (Lipinski definition) is 1. The van der Waals surface area contributed by atoms with Gasteiger partial charge in [0.1, 0.15) is 17.1 Å². The van der Waals surface area contributed by atoms with Crippen molar-refractivity contribution < 1.29 is 23.5 Å². The van der Waals surface area contributed by atoms with Gasteiger partial charge >= 0.3 is 0 Å². The largest absolute Gasteiger partial charge is 0.467 e. The molecule has 2 atom stereocenters. The van der Waals surface area contributed by atoms with Crippen molar-refractivity contribution in [1.29, 1.82) is 0 Å². The van der Waals surface area contributed by atoms with Gasteiger partial charge in [-0.2, -0.15) is 0 Å². The van der Waals surface area contributed by atoms with Gasteiger partial charge in [0.2, 0.25) is 17.7 Å². The van der Waals surface area contributed by atoms with Crippen LogP contribution in [0.4, 0.5) is 17.1 Å². The molecule has 0 radical (unpaired) electrons. The highest BCUT2D eigenvalue weighted by molar-refractivity contribution is 8.15. The summed E-state index contributed by atoms with van der Waals surface area (Å²) < 4.78 is 10.8. The zero-order valence-corrected chi connectivity index (χ0v) is 28.6. The van der Waals surface area contributed by atoms with E-state index in [2.05, 4.69) is 17.1 Å². The molecule has 1 N–H and O–H groups in total. The predicted molar refractivity (Wildman–Crippen MR) is 193 cm³/mol. The van der Waals surface area contributed by atoms with E-state index in [1.54, 1.807) is 41.4 Å². The van der Waals surface area contributed by atoms with Gasteiger partial charge in [-0.15, -0.1) is 0 Å². The standard InChI is InChI=1S/C38H41N5O5S/c1-3-41(22-24-47-2)31-19-17-30(18-20-31)40-38-43(26-32-11-8-23-48-32)37(46)35(49-38)28-13-15-29(16-14-28)39-36(45)33-12-7-21-42(33)34(44)25-27-9-5-4-6-10-27/h4-6,8-11,13-20,23,33,35H,3,7,12,21-22,24-26H2,1-2H3,(H,39,45)/b40-38-/t33-,35?/m0/s1. The predicted octanol–water partition coefficient (Wildman–Crippen LogP) is 6.43. The van der Waals surface area contributed by atoms with E-state index in [1.807, 2.05) is 72.8 Å². The summed E-state index contributed by atoms with van der Waals surface area (Å²) in [6.07, 6.45) is 3.27. The lowest BCUT2D eigenvalue weighted by Gasteiger charge is -2.24. The summed E-state index contributed by atoms with van der Waals surface area (Å²) in [5.74, 6) is 0.316. The summed E-state index contributed by atoms with van der Waals surface area (Å²) in [5.41, 5.74) is 4.16. The third-order valence-electron chi connectivity index (χ3n) is 8.78. The zero-order valence-electron chi connectivity index (χ0n) is 27.8. The number of likely N-dealkylation sites (N-methyl/N-ethyl adjacent to an activating group) is 1. The summed E-state index contributed by atoms with van der Waals surface area (Å²) in [7, 11) is 1.70. The van der Waals surface area contributed by atoms with E-state index < -0.39 is 11.3 Å². The fraction of sp³-hybridized carbons (Fsp3) is 0.316. The van der Waals surface area contributed by atoms with E-state index in [9.17, 15) is 14.4 Å². The molecule has 2 aliphatic rings. The van der Waals surface area contributed by atoms with Crippen molar-refractivity contribution in [3.05, 3.63) is 114 Å². The van der Waals surface area contributed by atoms with Crippen LogP contribution in [0.5, 0.6) is 0 Å². The molecule has 0 spiro atoms. The third kappa shape index (κ3) is 8.23. The summed E-state index contributed by atoms with van der Waals surface area (Å²) in [4.78, 5) is 50.7. The van der Waals surface area contributed by atoms with Crippen LogP contribution in [0.3, 0.4) is 0 Å². The number of hydrogen-bond acceptors (Lipinski definition) is 8. The average molecular weight is 680 g/mol. The summed E-state index contributed by atoms with van der Waals surface area (Å²) in [6, 6.07) is 28.0. The van der Waals surface area contributed by atoms with E-state index >= 15 is 0 Å². The van der Waals surface area contributed by atoms with Crippen molar-refractivity contribution in [2.45, 2.75) is 44.0 Å². The number of thioether (sulfide) groups is 1. The molecule has 254 valence electrons. The maximum Gasteiger partial charge on any atom is 0.247 e. The van der Waals surface area contributed by atoms with Gasteiger partial charge in [0.15, 0.2) is 5.17 Å². The molecule has 3 aromatic carbocycles. The normalized spacial score (nSPS) is 18.3. The summed E-state index contributed by atoms with van der Waals surface area (Å²) in [6.45, 7) is 5.23. The van der Waals surface area contributed by atoms with Crippen LogP contribution in [-0.4, -0.2) is 72.1 Å². The number of nitrogens with one attached hydrogen (secondary N) is 1. The number of likely N-dealkylation sites (tertiary alicyclic amines) is 1. The molecule has 0 aliphatic carbocycles. The Kier molecular flexibility index (Phi) is 11.1. The first-order chi connectivity index (χ1) is 23.9. The first-order valence-electron chi connectivity index (χ1n) is 16.6. The second kappa shape index (κ2) is 16.0. The highest BCUT2D eigenvalue weighted by Gasteiger charge is 2.40. The summed E-state index contributed by atoms with van der Waals surface area (Å²) >= 11 is 1.39. The Hall–Kier alpha value is -4.87. The SMILES string of the molecule is CCN(CCOC)c1ccc(/N=C2\SC(c3ccc(NC(=O)[C@@H]4CCCN4C(=O)Cc4ccccc4)cc3)C(=O)N2Cc2ccco2)cc1. The van der Waals surface area contributed by atoms with Crippen LogP contribution in [0.2, 0.25) is 0 Å². The first-order valence-corrected chi connectivity index (χ1v) is 17.5. The average Bonchev–Trinajstić information content (AvgIpc) is 3.89. The second-order valence-corrected chi connectivity index (χ2v) is 13.1. The van der Waals surface area contributed by atoms with Crippen molar-refractivity contribution in [1.82, 2.24) is 9.80 Å². The molecule has 3 heterocycles. The molecule has 3 amide bonds. The number of ether oxygens (including phenoxy) is 1. The lowest BCUT2D eigenvalue weighted by Crippen LogP contribution is -2.43. The van der Waals surface area contributed by atoms with Crippen LogP contribution >= 0.6 is 11.8 Å². The van der Waals surface area contributed by atoms with Gasteiger partial charge in [0, 0.05) is 38.1 Å². The number of carbonyl (C=O) groups is 3. The van der Waals surface area contributed by atoms with Gasteiger partial charge in [-0.25, -0.2) is 4.99 Å². The lowest BCUT2D eigenvalue weighted by atomic mass is 10.1. The smallest absolute Gasteiger partial charge is 0.247 e. The van der Waals surface area contributed by atoms with E-state index in [-0.39, 0.29) is 30.7 Å². The van der Waals surface area contributed by atoms with E-state index in [0.29, 0.717) is 36.2 Å². The summed E-state index contributed by atoms with van der Waals surface area (Å²) in [5, 5.41) is 3.06. The first kappa shape index (κ1) is 34.0. The van der Waals surface area contributed by atoms with Gasteiger partial charge in [0.05, 0.1) is 31.5 Å². The van der Waals surface area contributed by atoms with Crippen LogP contribution < -0.4 is 10.2 Å². The van der Waals surface area contributed by atoms with E-state index in [1.165, 1.54) is 11.8 Å². The molecule has 1 aromatic heterocycles. The van der Waals surface area contributed by atoms with Crippen molar-refractivity contribution in [2.75, 3.05) is 43.6 Å². The molecule has 10 nitrogen and oxygen atoms in total. The highest BCUT2D eigenvalue weighted by Crippen LogP contribution is 2.41. The number of nitrogens with zero attached hydrogens (tertiary/aromatic N) is 4. The van der Waals surface area contributed by atoms with Crippen molar-refractivity contribution in [2.24, 2.45) is 4.99 Å². The Balaban J connectivity index is 1.14. The molecule has 2 saturated heterocycles. The number of amides is 3. The molecule has 11 heteroatoms. The fourth-order valence-electron chi connectivity index (χ4n) is 6.15. The van der Waals surface area contributed by atoms with Gasteiger partial charge in [0.25, 0.3) is 0 Å². The molecule has 2 fully saturated rings. The second-order valence-electron chi connectivity index (χ2n) is 12.0. The minimum absolute atomic E-state index is 0.0477. The number of anilines is 2. The Morgan fingerprint density at radius 2 is 1.80 bits per heavy atom. The Bertz CT molecular complexity index is 1750. The molecule has 2 aliphatic heterocycles. The Labute approximate surface area is 291 Å². The molecule has 6 rings (SSSR count). The van der Waals surface area contributed by atoms with Gasteiger partial charge in [-0.3, -0.25) is 19.3 Å². The number of aliphatic imine (C=N–C) groups is 1. The molecule has 1 unspecified atom stereocenters. The Morgan fingerprint density at radius 1 is 1.02 bits per heavy atom. The minimum Gasteiger partial charge on any atom is -0.467 e. The lowest BCUT2D eigenvalue weighted by molar-refractivity contribution is -0.136. The number of benzene rings is 3. The van der Waals surface area contributed by atoms with Crippen LogP contribution in [0.1, 0.15) is 41.9 Å². The van der Waals surface area contributed by atoms with Crippen molar-refractivity contribution in [3.8, 4) is 0 Å². The minimum atomic E-state index is -0.513. The Morgan fingerprint density at radius 3 is 2.49 bits per heavy atom. The van der Waals surface area contributed by atoms with E-state index in [4.69, 9.17) is 14.1 Å². The number of carbonyl (C=O) groups excluding carboxylic acids is 3. The van der Waals surface area contributed by atoms with Gasteiger partial charge in [-0.05, 0) is 79.4 Å².